The molecule has 0 aliphatic carbocycles. The predicted octanol–water partition coefficient (Wildman–Crippen LogP) is 1.24. The molecule has 0 aliphatic heterocycles. The van der Waals surface area contributed by atoms with Crippen molar-refractivity contribution in [2.75, 3.05) is 7.11 Å². The first kappa shape index (κ1) is 18.7. The molecule has 9 heteroatoms. The fraction of sp³-hybridized carbons (Fsp3) is 0.300. The molecule has 0 bridgehead atoms. The van der Waals surface area contributed by atoms with E-state index in [-0.39, 0.29) is 11.2 Å². The molecule has 0 spiro atoms. The minimum absolute atomic E-state index is 0.248. The molecule has 0 atom stereocenters. The van der Waals surface area contributed by atoms with Gasteiger partial charge in [-0.3, -0.25) is 23.1 Å². The Labute approximate surface area is 165 Å². The molecule has 0 N–H and O–H groups in total. The summed E-state index contributed by atoms with van der Waals surface area (Å²) < 4.78 is 10.5. The number of nitrogens with zero attached hydrogens (tertiary/aromatic N) is 5. The largest absolute Gasteiger partial charge is 0.468 e. The van der Waals surface area contributed by atoms with Gasteiger partial charge >= 0.3 is 11.7 Å². The number of aryl methyl sites for hydroxylation is 3. The molecule has 9 nitrogen and oxygen atoms in total. The van der Waals surface area contributed by atoms with Gasteiger partial charge in [-0.15, -0.1) is 0 Å². The lowest BCUT2D eigenvalue weighted by Crippen LogP contribution is -2.41. The van der Waals surface area contributed by atoms with E-state index in [2.05, 4.69) is 9.72 Å². The zero-order valence-corrected chi connectivity index (χ0v) is 16.9. The average molecular weight is 395 g/mol. The van der Waals surface area contributed by atoms with Crippen molar-refractivity contribution in [3.05, 3.63) is 62.1 Å². The molecule has 150 valence electrons. The number of hydrogen-bond donors (Lipinski definition) is 0. The standard InChI is InChI=1S/C20H21N5O4/c1-11-6-8-14(9-7-11)24-12(2)13(3)25-16-17(21-19(24)25)22(4)20(28)23(18(16)27)10-15(26)29-5/h6-9H,10H2,1-5H3. The number of hydrogen-bond acceptors (Lipinski definition) is 5. The van der Waals surface area contributed by atoms with Gasteiger partial charge in [0.2, 0.25) is 5.78 Å². The number of carbonyl (C=O) groups is 1. The third-order valence-electron chi connectivity index (χ3n) is 5.33. The van der Waals surface area contributed by atoms with Crippen LogP contribution < -0.4 is 11.2 Å². The van der Waals surface area contributed by atoms with Crippen molar-refractivity contribution in [3.63, 3.8) is 0 Å². The molecule has 0 amide bonds. The Morgan fingerprint density at radius 3 is 2.34 bits per heavy atom. The Hall–Kier alpha value is -3.62. The third kappa shape index (κ3) is 2.61. The van der Waals surface area contributed by atoms with E-state index in [4.69, 9.17) is 0 Å². The Kier molecular flexibility index (Phi) is 4.18. The number of methoxy groups -OCH3 is 1. The lowest BCUT2D eigenvalue weighted by molar-refractivity contribution is -0.141. The van der Waals surface area contributed by atoms with Gasteiger partial charge in [0.05, 0.1) is 7.11 Å². The molecular formula is C20H21N5O4. The topological polar surface area (TPSA) is 92.5 Å². The summed E-state index contributed by atoms with van der Waals surface area (Å²) in [6, 6.07) is 7.97. The van der Waals surface area contributed by atoms with Crippen LogP contribution in [0.3, 0.4) is 0 Å². The monoisotopic (exact) mass is 395 g/mol. The molecule has 0 aliphatic rings. The molecule has 0 radical (unpaired) electrons. The van der Waals surface area contributed by atoms with Crippen molar-refractivity contribution in [2.24, 2.45) is 7.05 Å². The van der Waals surface area contributed by atoms with Gasteiger partial charge in [-0.25, -0.2) is 9.36 Å². The molecule has 0 saturated carbocycles. The normalized spacial score (nSPS) is 11.5. The maximum atomic E-state index is 13.2. The second-order valence-electron chi connectivity index (χ2n) is 7.07. The second kappa shape index (κ2) is 6.47. The second-order valence-corrected chi connectivity index (χ2v) is 7.07. The highest BCUT2D eigenvalue weighted by molar-refractivity contribution is 5.78. The molecule has 3 aromatic heterocycles. The van der Waals surface area contributed by atoms with Gasteiger partial charge in [-0.1, -0.05) is 17.7 Å². The van der Waals surface area contributed by atoms with Gasteiger partial charge in [0.15, 0.2) is 11.2 Å². The minimum atomic E-state index is -0.672. The fourth-order valence-electron chi connectivity index (χ4n) is 3.59. The van der Waals surface area contributed by atoms with Crippen LogP contribution in [0, 0.1) is 20.8 Å². The molecule has 29 heavy (non-hydrogen) atoms. The van der Waals surface area contributed by atoms with Crippen LogP contribution in [0.4, 0.5) is 0 Å². The highest BCUT2D eigenvalue weighted by Gasteiger charge is 2.23. The smallest absolute Gasteiger partial charge is 0.333 e. The number of imidazole rings is 2. The van der Waals surface area contributed by atoms with Crippen LogP contribution in [0.25, 0.3) is 22.6 Å². The molecular weight excluding hydrogens is 374 g/mol. The molecule has 3 heterocycles. The first-order chi connectivity index (χ1) is 13.8. The van der Waals surface area contributed by atoms with Crippen LogP contribution in [0.1, 0.15) is 17.0 Å². The summed E-state index contributed by atoms with van der Waals surface area (Å²) in [6.07, 6.45) is 0. The quantitative estimate of drug-likeness (QED) is 0.487. The Morgan fingerprint density at radius 1 is 1.07 bits per heavy atom. The van der Waals surface area contributed by atoms with E-state index in [0.717, 1.165) is 27.2 Å². The Bertz CT molecular complexity index is 1400. The highest BCUT2D eigenvalue weighted by Crippen LogP contribution is 2.24. The van der Waals surface area contributed by atoms with E-state index >= 15 is 0 Å². The summed E-state index contributed by atoms with van der Waals surface area (Å²) in [5.74, 6) is -0.142. The van der Waals surface area contributed by atoms with Crippen LogP contribution in [0.15, 0.2) is 33.9 Å². The Morgan fingerprint density at radius 2 is 1.72 bits per heavy atom. The lowest BCUT2D eigenvalue weighted by atomic mass is 10.2. The maximum Gasteiger partial charge on any atom is 0.333 e. The van der Waals surface area contributed by atoms with E-state index in [1.54, 1.807) is 4.40 Å². The number of fused-ring (bicyclic) bond motifs is 3. The zero-order valence-electron chi connectivity index (χ0n) is 16.9. The van der Waals surface area contributed by atoms with Gasteiger partial charge in [0.25, 0.3) is 5.56 Å². The van der Waals surface area contributed by atoms with Crippen molar-refractivity contribution in [3.8, 4) is 5.69 Å². The molecule has 0 saturated heterocycles. The molecule has 0 unspecified atom stereocenters. The Balaban J connectivity index is 2.13. The molecule has 0 fully saturated rings. The maximum absolute atomic E-state index is 13.2. The van der Waals surface area contributed by atoms with Crippen molar-refractivity contribution < 1.29 is 9.53 Å². The predicted molar refractivity (Wildman–Crippen MR) is 108 cm³/mol. The number of benzene rings is 1. The van der Waals surface area contributed by atoms with Crippen molar-refractivity contribution in [1.82, 2.24) is 23.1 Å². The average Bonchev–Trinajstić information content (AvgIpc) is 3.20. The summed E-state index contributed by atoms with van der Waals surface area (Å²) in [6.45, 7) is 5.40. The molecule has 4 aromatic rings. The van der Waals surface area contributed by atoms with E-state index in [1.165, 1.54) is 18.7 Å². The van der Waals surface area contributed by atoms with E-state index < -0.39 is 23.8 Å². The first-order valence-corrected chi connectivity index (χ1v) is 9.10. The van der Waals surface area contributed by atoms with Gasteiger partial charge in [-0.05, 0) is 32.9 Å². The van der Waals surface area contributed by atoms with Crippen molar-refractivity contribution in [2.45, 2.75) is 27.3 Å². The van der Waals surface area contributed by atoms with Gasteiger partial charge in [0.1, 0.15) is 6.54 Å². The van der Waals surface area contributed by atoms with Crippen LogP contribution >= 0.6 is 0 Å². The number of carbonyl (C=O) groups excluding carboxylic acids is 1. The van der Waals surface area contributed by atoms with Gasteiger partial charge in [-0.2, -0.15) is 4.98 Å². The SMILES string of the molecule is COC(=O)Cn1c(=O)c2c(nc3n(-c4ccc(C)cc4)c(C)c(C)n23)n(C)c1=O. The zero-order chi connectivity index (χ0) is 21.0. The van der Waals surface area contributed by atoms with Crippen LogP contribution in [0.2, 0.25) is 0 Å². The number of esters is 1. The first-order valence-electron chi connectivity index (χ1n) is 9.10. The number of aromatic nitrogens is 5. The van der Waals surface area contributed by atoms with E-state index in [1.807, 2.05) is 49.6 Å². The third-order valence-corrected chi connectivity index (χ3v) is 5.33. The summed E-state index contributed by atoms with van der Waals surface area (Å²) in [7, 11) is 2.74. The van der Waals surface area contributed by atoms with Crippen LogP contribution in [-0.2, 0) is 23.1 Å². The summed E-state index contributed by atoms with van der Waals surface area (Å²) >= 11 is 0. The lowest BCUT2D eigenvalue weighted by Gasteiger charge is -2.08. The summed E-state index contributed by atoms with van der Waals surface area (Å²) in [4.78, 5) is 42.1. The van der Waals surface area contributed by atoms with E-state index in [0.29, 0.717) is 5.78 Å². The van der Waals surface area contributed by atoms with Crippen molar-refractivity contribution >= 4 is 22.9 Å². The van der Waals surface area contributed by atoms with E-state index in [9.17, 15) is 14.4 Å². The summed E-state index contributed by atoms with van der Waals surface area (Å²) in [5, 5.41) is 0. The molecule has 1 aromatic carbocycles. The summed E-state index contributed by atoms with van der Waals surface area (Å²) in [5.41, 5.74) is 3.09. The highest BCUT2D eigenvalue weighted by atomic mass is 16.5. The van der Waals surface area contributed by atoms with Gasteiger partial charge in [0, 0.05) is 24.1 Å². The fourth-order valence-corrected chi connectivity index (χ4v) is 3.59. The molecule has 4 rings (SSSR count). The van der Waals surface area contributed by atoms with Crippen LogP contribution in [0.5, 0.6) is 0 Å². The van der Waals surface area contributed by atoms with Crippen LogP contribution in [-0.4, -0.2) is 36.2 Å². The minimum Gasteiger partial charge on any atom is -0.468 e. The number of rotatable bonds is 3. The van der Waals surface area contributed by atoms with Gasteiger partial charge < -0.3 is 4.74 Å². The number of ether oxygens (including phenoxy) is 1. The van der Waals surface area contributed by atoms with Crippen molar-refractivity contribution in [1.29, 1.82) is 0 Å².